The molecule has 122 valence electrons. The number of nitrogens with two attached hydrogens (primary N) is 1. The van der Waals surface area contributed by atoms with Gasteiger partial charge in [0.1, 0.15) is 5.75 Å². The highest BCUT2D eigenvalue weighted by Gasteiger charge is 2.26. The molecule has 2 unspecified atom stereocenters. The van der Waals surface area contributed by atoms with Crippen LogP contribution in [-0.4, -0.2) is 43.6 Å². The van der Waals surface area contributed by atoms with Crippen molar-refractivity contribution in [1.82, 2.24) is 4.90 Å². The number of carbonyl (C=O) groups is 1. The van der Waals surface area contributed by atoms with Crippen LogP contribution in [-0.2, 0) is 4.79 Å². The van der Waals surface area contributed by atoms with Gasteiger partial charge in [-0.25, -0.2) is 0 Å². The molecule has 22 heavy (non-hydrogen) atoms. The van der Waals surface area contributed by atoms with Gasteiger partial charge in [0.2, 0.25) is 5.91 Å². The zero-order valence-electron chi connectivity index (χ0n) is 13.8. The standard InChI is InChI=1S/C17H27N3O2/c1-12-4-5-16(22-3)15(9-12)19-17(21)11-20-7-6-13(2)8-14(20)10-18/h4-5,9,13-14H,6-8,10-11,18H2,1-3H3,(H,19,21). The van der Waals surface area contributed by atoms with Gasteiger partial charge < -0.3 is 15.8 Å². The normalized spacial score (nSPS) is 22.4. The number of rotatable bonds is 5. The van der Waals surface area contributed by atoms with Crippen LogP contribution in [0.15, 0.2) is 18.2 Å². The fourth-order valence-corrected chi connectivity index (χ4v) is 3.05. The summed E-state index contributed by atoms with van der Waals surface area (Å²) in [7, 11) is 1.61. The van der Waals surface area contributed by atoms with Crippen molar-refractivity contribution in [2.45, 2.75) is 32.7 Å². The average molecular weight is 305 g/mol. The van der Waals surface area contributed by atoms with Crippen LogP contribution < -0.4 is 15.8 Å². The predicted molar refractivity (Wildman–Crippen MR) is 89.2 cm³/mol. The van der Waals surface area contributed by atoms with E-state index in [0.717, 1.165) is 30.6 Å². The Hall–Kier alpha value is -1.59. The molecule has 5 nitrogen and oxygen atoms in total. The number of anilines is 1. The number of methoxy groups -OCH3 is 1. The fourth-order valence-electron chi connectivity index (χ4n) is 3.05. The van der Waals surface area contributed by atoms with E-state index in [2.05, 4.69) is 17.1 Å². The third-order valence-electron chi connectivity index (χ3n) is 4.35. The first-order chi connectivity index (χ1) is 10.5. The van der Waals surface area contributed by atoms with Gasteiger partial charge in [0, 0.05) is 12.6 Å². The Labute approximate surface area is 132 Å². The maximum Gasteiger partial charge on any atom is 0.238 e. The molecule has 5 heteroatoms. The van der Waals surface area contributed by atoms with E-state index >= 15 is 0 Å². The average Bonchev–Trinajstić information content (AvgIpc) is 2.49. The molecule has 1 aliphatic heterocycles. The molecular formula is C17H27N3O2. The molecule has 1 fully saturated rings. The molecule has 3 N–H and O–H groups in total. The number of carbonyl (C=O) groups excluding carboxylic acids is 1. The molecule has 1 aromatic carbocycles. The molecule has 2 atom stereocenters. The number of hydrogen-bond donors (Lipinski definition) is 2. The number of ether oxygens (including phenoxy) is 1. The van der Waals surface area contributed by atoms with Crippen LogP contribution >= 0.6 is 0 Å². The maximum atomic E-state index is 12.4. The Morgan fingerprint density at radius 2 is 2.27 bits per heavy atom. The summed E-state index contributed by atoms with van der Waals surface area (Å²) in [6.45, 7) is 6.15. The Bertz CT molecular complexity index is 519. The summed E-state index contributed by atoms with van der Waals surface area (Å²) in [6.07, 6.45) is 2.19. The van der Waals surface area contributed by atoms with Crippen molar-refractivity contribution in [1.29, 1.82) is 0 Å². The SMILES string of the molecule is COc1ccc(C)cc1NC(=O)CN1CCC(C)CC1CN. The first kappa shape index (κ1) is 16.8. The fraction of sp³-hybridized carbons (Fsp3) is 0.588. The van der Waals surface area contributed by atoms with E-state index < -0.39 is 0 Å². The van der Waals surface area contributed by atoms with Crippen molar-refractivity contribution < 1.29 is 9.53 Å². The largest absolute Gasteiger partial charge is 0.495 e. The van der Waals surface area contributed by atoms with Gasteiger partial charge in [-0.15, -0.1) is 0 Å². The van der Waals surface area contributed by atoms with Crippen molar-refractivity contribution in [3.8, 4) is 5.75 Å². The summed E-state index contributed by atoms with van der Waals surface area (Å²) in [5, 5.41) is 2.96. The minimum absolute atomic E-state index is 0.0168. The first-order valence-corrected chi connectivity index (χ1v) is 7.92. The molecule has 2 rings (SSSR count). The Morgan fingerprint density at radius 1 is 1.50 bits per heavy atom. The summed E-state index contributed by atoms with van der Waals surface area (Å²) in [5.41, 5.74) is 7.67. The molecule has 0 spiro atoms. The third kappa shape index (κ3) is 4.21. The van der Waals surface area contributed by atoms with Crippen LogP contribution in [0.1, 0.15) is 25.3 Å². The number of nitrogens with one attached hydrogen (secondary N) is 1. The summed E-state index contributed by atoms with van der Waals surface area (Å²) in [4.78, 5) is 14.5. The lowest BCUT2D eigenvalue weighted by Crippen LogP contribution is -2.49. The predicted octanol–water partition coefficient (Wildman–Crippen LogP) is 2.00. The van der Waals surface area contributed by atoms with Gasteiger partial charge in [-0.1, -0.05) is 13.0 Å². The van der Waals surface area contributed by atoms with E-state index in [4.69, 9.17) is 10.5 Å². The number of piperidine rings is 1. The molecule has 1 aliphatic rings. The monoisotopic (exact) mass is 305 g/mol. The second kappa shape index (κ2) is 7.61. The van der Waals surface area contributed by atoms with Gasteiger partial charge in [-0.05, 0) is 49.9 Å². The number of hydrogen-bond acceptors (Lipinski definition) is 4. The number of aryl methyl sites for hydroxylation is 1. The molecule has 0 saturated carbocycles. The van der Waals surface area contributed by atoms with Gasteiger partial charge in [-0.3, -0.25) is 9.69 Å². The number of amides is 1. The molecular weight excluding hydrogens is 278 g/mol. The molecule has 0 aliphatic carbocycles. The molecule has 1 aromatic rings. The van der Waals surface area contributed by atoms with Crippen LogP contribution in [0, 0.1) is 12.8 Å². The highest BCUT2D eigenvalue weighted by Crippen LogP contribution is 2.26. The Morgan fingerprint density at radius 3 is 2.95 bits per heavy atom. The topological polar surface area (TPSA) is 67.6 Å². The molecule has 0 bridgehead atoms. The van der Waals surface area contributed by atoms with Crippen molar-refractivity contribution in [3.63, 3.8) is 0 Å². The highest BCUT2D eigenvalue weighted by atomic mass is 16.5. The van der Waals surface area contributed by atoms with E-state index in [0.29, 0.717) is 30.8 Å². The van der Waals surface area contributed by atoms with Gasteiger partial charge in [0.25, 0.3) is 0 Å². The molecule has 1 saturated heterocycles. The third-order valence-corrected chi connectivity index (χ3v) is 4.35. The second-order valence-electron chi connectivity index (χ2n) is 6.24. The molecule has 1 heterocycles. The lowest BCUT2D eigenvalue weighted by molar-refractivity contribution is -0.118. The van der Waals surface area contributed by atoms with E-state index in [1.807, 2.05) is 25.1 Å². The van der Waals surface area contributed by atoms with Crippen LogP contribution in [0.25, 0.3) is 0 Å². The Kier molecular flexibility index (Phi) is 5.80. The zero-order valence-corrected chi connectivity index (χ0v) is 13.8. The van der Waals surface area contributed by atoms with E-state index in [1.165, 1.54) is 0 Å². The smallest absolute Gasteiger partial charge is 0.238 e. The van der Waals surface area contributed by atoms with Crippen molar-refractivity contribution in [2.75, 3.05) is 32.1 Å². The number of benzene rings is 1. The van der Waals surface area contributed by atoms with Gasteiger partial charge in [-0.2, -0.15) is 0 Å². The summed E-state index contributed by atoms with van der Waals surface area (Å²) in [6, 6.07) is 6.06. The maximum absolute atomic E-state index is 12.4. The van der Waals surface area contributed by atoms with E-state index in [1.54, 1.807) is 7.11 Å². The van der Waals surface area contributed by atoms with Crippen molar-refractivity contribution in [2.24, 2.45) is 11.7 Å². The van der Waals surface area contributed by atoms with Gasteiger partial charge >= 0.3 is 0 Å². The van der Waals surface area contributed by atoms with Gasteiger partial charge in [0.05, 0.1) is 19.3 Å². The zero-order chi connectivity index (χ0) is 16.1. The van der Waals surface area contributed by atoms with Crippen LogP contribution in [0.5, 0.6) is 5.75 Å². The molecule has 0 aromatic heterocycles. The lowest BCUT2D eigenvalue weighted by atomic mass is 9.92. The first-order valence-electron chi connectivity index (χ1n) is 7.92. The minimum atomic E-state index is -0.0168. The van der Waals surface area contributed by atoms with E-state index in [9.17, 15) is 4.79 Å². The Balaban J connectivity index is 1.99. The van der Waals surface area contributed by atoms with Crippen LogP contribution in [0.2, 0.25) is 0 Å². The summed E-state index contributed by atoms with van der Waals surface area (Å²) in [5.74, 6) is 1.35. The summed E-state index contributed by atoms with van der Waals surface area (Å²) >= 11 is 0. The highest BCUT2D eigenvalue weighted by molar-refractivity contribution is 5.93. The van der Waals surface area contributed by atoms with E-state index in [-0.39, 0.29) is 5.91 Å². The molecule has 1 amide bonds. The number of nitrogens with zero attached hydrogens (tertiary/aromatic N) is 1. The lowest BCUT2D eigenvalue weighted by Gasteiger charge is -2.37. The van der Waals surface area contributed by atoms with Crippen LogP contribution in [0.3, 0.4) is 0 Å². The summed E-state index contributed by atoms with van der Waals surface area (Å²) < 4.78 is 5.30. The minimum Gasteiger partial charge on any atom is -0.495 e. The van der Waals surface area contributed by atoms with Crippen molar-refractivity contribution in [3.05, 3.63) is 23.8 Å². The van der Waals surface area contributed by atoms with Crippen LogP contribution in [0.4, 0.5) is 5.69 Å². The number of likely N-dealkylation sites (tertiary alicyclic amines) is 1. The quantitative estimate of drug-likeness (QED) is 0.873. The van der Waals surface area contributed by atoms with Gasteiger partial charge in [0.15, 0.2) is 0 Å². The van der Waals surface area contributed by atoms with Crippen molar-refractivity contribution >= 4 is 11.6 Å². The second-order valence-corrected chi connectivity index (χ2v) is 6.24. The molecule has 0 radical (unpaired) electrons.